The van der Waals surface area contributed by atoms with E-state index in [0.717, 1.165) is 12.4 Å². The fraction of sp³-hybridized carbons (Fsp3) is 0.491. The molecule has 9 amide bonds. The molecule has 2 heterocycles. The molecule has 0 fully saturated rings. The van der Waals surface area contributed by atoms with Gasteiger partial charge in [-0.25, -0.2) is 9.78 Å². The topological polar surface area (TPSA) is 515 Å². The minimum absolute atomic E-state index is 0.00558. The van der Waals surface area contributed by atoms with Crippen LogP contribution in [0, 0.1) is 5.92 Å². The van der Waals surface area contributed by atoms with E-state index in [-0.39, 0.29) is 64.0 Å². The number of aliphatic imine (C=N–C) groups is 1. The predicted molar refractivity (Wildman–Crippen MR) is 310 cm³/mol. The number of carboxylic acids is 1. The van der Waals surface area contributed by atoms with Crippen LogP contribution in [0.15, 0.2) is 78.3 Å². The molecule has 4 rings (SSSR count). The molecule has 0 aliphatic heterocycles. The van der Waals surface area contributed by atoms with Crippen LogP contribution in [0.5, 0.6) is 0 Å². The van der Waals surface area contributed by atoms with Crippen molar-refractivity contribution >= 4 is 76.0 Å². The Morgan fingerprint density at radius 3 is 1.79 bits per heavy atom. The largest absolute Gasteiger partial charge is 0.480 e. The second kappa shape index (κ2) is 34.6. The van der Waals surface area contributed by atoms with Gasteiger partial charge in [-0.05, 0) is 68.7 Å². The van der Waals surface area contributed by atoms with Gasteiger partial charge in [-0.1, -0.05) is 68.8 Å². The Morgan fingerprint density at radius 1 is 0.624 bits per heavy atom. The van der Waals surface area contributed by atoms with Gasteiger partial charge in [0.25, 0.3) is 0 Å². The highest BCUT2D eigenvalue weighted by molar-refractivity contribution is 5.99. The van der Waals surface area contributed by atoms with Crippen molar-refractivity contribution in [3.05, 3.63) is 90.1 Å². The van der Waals surface area contributed by atoms with E-state index in [4.69, 9.17) is 28.7 Å². The van der Waals surface area contributed by atoms with E-state index >= 15 is 0 Å². The zero-order valence-electron chi connectivity index (χ0n) is 47.7. The smallest absolute Gasteiger partial charge is 0.326 e. The number of aliphatic hydroxyl groups is 2. The number of benzene rings is 2. The summed E-state index contributed by atoms with van der Waals surface area (Å²) in [6, 6.07) is 1.68. The number of aliphatic carboxylic acids is 1. The van der Waals surface area contributed by atoms with Gasteiger partial charge in [0.2, 0.25) is 53.2 Å². The van der Waals surface area contributed by atoms with Gasteiger partial charge in [-0.3, -0.25) is 48.1 Å². The Labute approximate surface area is 490 Å². The van der Waals surface area contributed by atoms with Gasteiger partial charge < -0.3 is 96.5 Å². The Hall–Kier alpha value is -9.00. The number of fused-ring (bicyclic) bond motifs is 1. The average molecular weight is 1190 g/mol. The molecule has 85 heavy (non-hydrogen) atoms. The summed E-state index contributed by atoms with van der Waals surface area (Å²) in [6.45, 7) is 3.72. The van der Waals surface area contributed by atoms with Crippen LogP contribution < -0.4 is 71.2 Å². The van der Waals surface area contributed by atoms with Crippen molar-refractivity contribution in [2.45, 2.75) is 145 Å². The number of nitrogens with one attached hydrogen (secondary N) is 10. The molecule has 4 aromatic rings. The number of unbranched alkanes of at least 4 members (excludes halogenated alkanes) is 1. The number of amides is 9. The minimum atomic E-state index is -1.86. The zero-order valence-corrected chi connectivity index (χ0v) is 47.7. The summed E-state index contributed by atoms with van der Waals surface area (Å²) in [4.78, 5) is 150. The fourth-order valence-electron chi connectivity index (χ4n) is 8.88. The number of nitrogens with two attached hydrogens (primary N) is 5. The van der Waals surface area contributed by atoms with Crippen molar-refractivity contribution in [3.63, 3.8) is 0 Å². The summed E-state index contributed by atoms with van der Waals surface area (Å²) < 4.78 is 0. The van der Waals surface area contributed by atoms with E-state index in [9.17, 15) is 63.3 Å². The lowest BCUT2D eigenvalue weighted by atomic mass is 9.97. The highest BCUT2D eigenvalue weighted by atomic mass is 16.4. The third-order valence-electron chi connectivity index (χ3n) is 13.8. The number of carboxylic acid groups (broad SMARTS) is 1. The second-order valence-electron chi connectivity index (χ2n) is 20.5. The van der Waals surface area contributed by atoms with E-state index in [0.29, 0.717) is 35.0 Å². The summed E-state index contributed by atoms with van der Waals surface area (Å²) >= 11 is 0. The van der Waals surface area contributed by atoms with Crippen molar-refractivity contribution in [1.29, 1.82) is 0 Å². The third kappa shape index (κ3) is 22.3. The molecule has 2 aromatic heterocycles. The Balaban J connectivity index is 1.52. The SMILES string of the molecule is CC[C@H](C)[C@H](NC(=O)[C@H](CCCN=C(N)N)NC(=O)[C@@H](N)Cc1cnc[nH]1)C(=O)N[C@@H](CO)C(=O)N[C@H](C(=O)N[C@@H](Cc1ccccc1)C(=O)N[C@@H](CCCCN)C(=O)N[C@@H](CC(N)=O)C(=O)N[C@@H](Cc1c[nH]c2ccccc12)C(=O)O)[C@@H](C)O. The number of hydrogen-bond acceptors (Lipinski definition) is 16. The fourth-order valence-corrected chi connectivity index (χ4v) is 8.88. The highest BCUT2D eigenvalue weighted by Gasteiger charge is 2.37. The Bertz CT molecular complexity index is 2900. The lowest BCUT2D eigenvalue weighted by molar-refractivity contribution is -0.142. The molecule has 0 radical (unpaired) electrons. The summed E-state index contributed by atoms with van der Waals surface area (Å²) in [5.74, 6) is -11.0. The summed E-state index contributed by atoms with van der Waals surface area (Å²) in [5, 5.41) is 52.1. The first kappa shape index (κ1) is 68.5. The van der Waals surface area contributed by atoms with Crippen LogP contribution in [0.1, 0.15) is 82.5 Å². The first-order chi connectivity index (χ1) is 40.5. The average Bonchev–Trinajstić information content (AvgIpc) is 4.33. The van der Waals surface area contributed by atoms with Crippen molar-refractivity contribution in [2.75, 3.05) is 19.7 Å². The van der Waals surface area contributed by atoms with E-state index < -0.39 is 139 Å². The van der Waals surface area contributed by atoms with Gasteiger partial charge in [0.05, 0.1) is 31.5 Å². The first-order valence-electron chi connectivity index (χ1n) is 27.8. The Morgan fingerprint density at radius 2 is 1.18 bits per heavy atom. The van der Waals surface area contributed by atoms with Gasteiger partial charge >= 0.3 is 5.97 Å². The predicted octanol–water partition coefficient (Wildman–Crippen LogP) is -4.31. The van der Waals surface area contributed by atoms with E-state index in [2.05, 4.69) is 62.5 Å². The molecule has 0 bridgehead atoms. The van der Waals surface area contributed by atoms with Crippen LogP contribution in [0.3, 0.4) is 0 Å². The van der Waals surface area contributed by atoms with Crippen molar-refractivity contribution in [1.82, 2.24) is 57.5 Å². The molecule has 464 valence electrons. The number of imidazole rings is 1. The van der Waals surface area contributed by atoms with Gasteiger partial charge in [0, 0.05) is 54.8 Å². The maximum absolute atomic E-state index is 14.4. The van der Waals surface area contributed by atoms with Gasteiger partial charge in [-0.2, -0.15) is 0 Å². The van der Waals surface area contributed by atoms with Gasteiger partial charge in [-0.15, -0.1) is 0 Å². The van der Waals surface area contributed by atoms with Gasteiger partial charge in [0.1, 0.15) is 48.3 Å². The van der Waals surface area contributed by atoms with Crippen LogP contribution in [0.2, 0.25) is 0 Å². The molecular weight excluding hydrogens is 1110 g/mol. The number of H-pyrrole nitrogens is 2. The minimum Gasteiger partial charge on any atom is -0.480 e. The normalized spacial score (nSPS) is 15.0. The highest BCUT2D eigenvalue weighted by Crippen LogP contribution is 2.20. The van der Waals surface area contributed by atoms with Crippen LogP contribution in [-0.4, -0.2) is 176 Å². The number of aliphatic hydroxyl groups excluding tert-OH is 2. The molecule has 30 nitrogen and oxygen atoms in total. The number of carbonyl (C=O) groups is 10. The summed E-state index contributed by atoms with van der Waals surface area (Å²) in [5.41, 5.74) is 30.6. The van der Waals surface area contributed by atoms with Crippen LogP contribution in [0.4, 0.5) is 0 Å². The number of para-hydroxylation sites is 1. The van der Waals surface area contributed by atoms with Crippen LogP contribution in [0.25, 0.3) is 10.9 Å². The first-order valence-corrected chi connectivity index (χ1v) is 27.8. The maximum Gasteiger partial charge on any atom is 0.326 e. The molecule has 0 aliphatic rings. The molecule has 30 heteroatoms. The number of hydrogen-bond donors (Lipinski definition) is 18. The lowest BCUT2D eigenvalue weighted by Gasteiger charge is -2.29. The second-order valence-corrected chi connectivity index (χ2v) is 20.5. The number of guanidine groups is 1. The summed E-state index contributed by atoms with van der Waals surface area (Å²) in [6.07, 6.45) is 2.69. The van der Waals surface area contributed by atoms with Crippen LogP contribution in [-0.2, 0) is 67.2 Å². The number of aromatic amines is 2. The van der Waals surface area contributed by atoms with E-state index in [1.165, 1.54) is 12.5 Å². The van der Waals surface area contributed by atoms with Crippen molar-refractivity contribution in [2.24, 2.45) is 39.6 Å². The Kier molecular flexibility index (Phi) is 27.9. The molecule has 0 unspecified atom stereocenters. The van der Waals surface area contributed by atoms with E-state index in [1.807, 2.05) is 0 Å². The molecular formula is C55H81N17O13. The van der Waals surface area contributed by atoms with Crippen LogP contribution >= 0.6 is 0 Å². The van der Waals surface area contributed by atoms with Gasteiger partial charge in [0.15, 0.2) is 5.96 Å². The number of carbonyl (C=O) groups excluding carboxylic acids is 9. The number of rotatable bonds is 37. The molecule has 2 aromatic carbocycles. The molecule has 11 atom stereocenters. The molecule has 0 spiro atoms. The number of primary amides is 1. The van der Waals surface area contributed by atoms with Crippen molar-refractivity contribution < 1.29 is 63.3 Å². The quantitative estimate of drug-likeness (QED) is 0.0115. The maximum atomic E-state index is 14.4. The molecule has 0 aliphatic carbocycles. The van der Waals surface area contributed by atoms with Crippen molar-refractivity contribution in [3.8, 4) is 0 Å². The summed E-state index contributed by atoms with van der Waals surface area (Å²) in [7, 11) is 0. The number of aromatic nitrogens is 3. The third-order valence-corrected chi connectivity index (χ3v) is 13.8. The molecule has 23 N–H and O–H groups in total. The standard InChI is InChI=1S/C55H81N17O13/c1-4-29(2)44(71-48(78)38(18-12-20-62-55(59)60)65-46(76)35(57)23-33-26-61-28-64-33)52(82)70-42(27-73)51(81)72-45(30(3)74)53(83)68-39(21-31-13-6-5-7-14-31)49(79)66-37(17-10-11-19-56)47(77)67-40(24-43(58)75)50(80)69-41(54(84)85)22-32-25-63-36-16-9-8-15-34(32)36/h5-9,13-16,25-26,28-30,35,37-42,44-45,63,73-74H,4,10-12,17-24,27,56-57H2,1-3H3,(H2,58,75)(H,61,64)(H,65,76)(H,66,79)(H,67,77)(H,68,83)(H,69,80)(H,70,82)(H,71,78)(H,72,81)(H,84,85)(H4,59,60,62)/t29-,30+,35-,37-,38-,39-,40-,41-,42-,44-,45-/m0/s1. The lowest BCUT2D eigenvalue weighted by Crippen LogP contribution is -2.63. The van der Waals surface area contributed by atoms with E-state index in [1.54, 1.807) is 74.6 Å². The zero-order chi connectivity index (χ0) is 62.8. The number of nitrogens with zero attached hydrogens (tertiary/aromatic N) is 2. The molecule has 0 saturated carbocycles. The molecule has 0 saturated heterocycles. The monoisotopic (exact) mass is 1190 g/mol.